The first kappa shape index (κ1) is 20.5. The molecule has 166 valence electrons. The molecule has 1 atom stereocenters. The van der Waals surface area contributed by atoms with Gasteiger partial charge in [0, 0.05) is 63.2 Å². The van der Waals surface area contributed by atoms with Crippen LogP contribution in [0.5, 0.6) is 0 Å². The Hall–Kier alpha value is -3.42. The molecule has 8 nitrogen and oxygen atoms in total. The summed E-state index contributed by atoms with van der Waals surface area (Å²) in [7, 11) is 0. The first-order valence-electron chi connectivity index (χ1n) is 11.2. The average Bonchev–Trinajstić information content (AvgIpc) is 3.57. The van der Waals surface area contributed by atoms with Gasteiger partial charge in [0.05, 0.1) is 6.54 Å². The Balaban J connectivity index is 1.22. The second kappa shape index (κ2) is 8.98. The minimum Gasteiger partial charge on any atom is -0.452 e. The van der Waals surface area contributed by atoms with E-state index in [-0.39, 0.29) is 17.8 Å². The van der Waals surface area contributed by atoms with E-state index in [9.17, 15) is 9.59 Å². The SMILES string of the molecule is O=C1CCC(C(=O)N2CCC(c3nccn3Cc3nccn3Cc3ccccc3)CC2)O1. The lowest BCUT2D eigenvalue weighted by Crippen LogP contribution is -2.43. The molecule has 2 aliphatic heterocycles. The maximum Gasteiger partial charge on any atom is 0.306 e. The molecular formula is C24H27N5O3. The summed E-state index contributed by atoms with van der Waals surface area (Å²) in [6, 6.07) is 10.4. The van der Waals surface area contributed by atoms with Gasteiger partial charge in [-0.1, -0.05) is 30.3 Å². The summed E-state index contributed by atoms with van der Waals surface area (Å²) in [6.07, 6.45) is 9.64. The zero-order chi connectivity index (χ0) is 21.9. The smallest absolute Gasteiger partial charge is 0.306 e. The molecule has 0 radical (unpaired) electrons. The number of hydrogen-bond donors (Lipinski definition) is 0. The second-order valence-electron chi connectivity index (χ2n) is 8.49. The summed E-state index contributed by atoms with van der Waals surface area (Å²) in [5.74, 6) is 1.99. The summed E-state index contributed by atoms with van der Waals surface area (Å²) < 4.78 is 9.49. The Morgan fingerprint density at radius 2 is 1.72 bits per heavy atom. The van der Waals surface area contributed by atoms with Gasteiger partial charge in [-0.25, -0.2) is 9.97 Å². The highest BCUT2D eigenvalue weighted by Gasteiger charge is 2.35. The Bertz CT molecular complexity index is 1080. The van der Waals surface area contributed by atoms with Crippen LogP contribution in [-0.4, -0.2) is 55.1 Å². The standard InChI is InChI=1S/C24H27N5O3/c30-22-7-6-20(32-22)24(31)27-12-8-19(9-13-27)23-26-11-15-29(23)17-21-25-10-14-28(21)16-18-4-2-1-3-5-18/h1-5,10-11,14-15,19-20H,6-9,12-13,16-17H2. The van der Waals surface area contributed by atoms with Gasteiger partial charge in [-0.2, -0.15) is 0 Å². The highest BCUT2D eigenvalue weighted by Crippen LogP contribution is 2.28. The molecule has 0 aliphatic carbocycles. The van der Waals surface area contributed by atoms with Crippen LogP contribution in [0.4, 0.5) is 0 Å². The van der Waals surface area contributed by atoms with Gasteiger partial charge in [0.15, 0.2) is 6.10 Å². The van der Waals surface area contributed by atoms with Crippen molar-refractivity contribution >= 4 is 11.9 Å². The van der Waals surface area contributed by atoms with Crippen molar-refractivity contribution < 1.29 is 14.3 Å². The van der Waals surface area contributed by atoms with Gasteiger partial charge in [-0.05, 0) is 18.4 Å². The van der Waals surface area contributed by atoms with Crippen molar-refractivity contribution in [3.8, 4) is 0 Å². The molecule has 8 heteroatoms. The molecule has 0 bridgehead atoms. The number of piperidine rings is 1. The molecule has 1 amide bonds. The van der Waals surface area contributed by atoms with Crippen molar-refractivity contribution in [1.29, 1.82) is 0 Å². The molecule has 1 unspecified atom stereocenters. The molecule has 2 aromatic heterocycles. The largest absolute Gasteiger partial charge is 0.452 e. The lowest BCUT2D eigenvalue weighted by Gasteiger charge is -2.33. The quantitative estimate of drug-likeness (QED) is 0.558. The van der Waals surface area contributed by atoms with Gasteiger partial charge < -0.3 is 18.8 Å². The van der Waals surface area contributed by atoms with Gasteiger partial charge in [0.25, 0.3) is 5.91 Å². The number of hydrogen-bond acceptors (Lipinski definition) is 5. The third-order valence-electron chi connectivity index (χ3n) is 6.39. The number of nitrogens with zero attached hydrogens (tertiary/aromatic N) is 5. The third-order valence-corrected chi connectivity index (χ3v) is 6.39. The molecule has 32 heavy (non-hydrogen) atoms. The van der Waals surface area contributed by atoms with Crippen LogP contribution in [0, 0.1) is 0 Å². The third kappa shape index (κ3) is 4.30. The van der Waals surface area contributed by atoms with E-state index < -0.39 is 6.10 Å². The maximum atomic E-state index is 12.6. The predicted octanol–water partition coefficient (Wildman–Crippen LogP) is 2.59. The summed E-state index contributed by atoms with van der Waals surface area (Å²) in [5, 5.41) is 0. The number of aromatic nitrogens is 4. The molecule has 2 fully saturated rings. The average molecular weight is 434 g/mol. The zero-order valence-corrected chi connectivity index (χ0v) is 18.0. The molecule has 1 aromatic carbocycles. The number of likely N-dealkylation sites (tertiary alicyclic amines) is 1. The number of cyclic esters (lactones) is 1. The summed E-state index contributed by atoms with van der Waals surface area (Å²) in [6.45, 7) is 2.76. The number of imidazole rings is 2. The Kier molecular flexibility index (Phi) is 5.75. The summed E-state index contributed by atoms with van der Waals surface area (Å²) in [4.78, 5) is 35.0. The van der Waals surface area contributed by atoms with Gasteiger partial charge in [-0.15, -0.1) is 0 Å². The van der Waals surface area contributed by atoms with E-state index in [0.29, 0.717) is 32.5 Å². The van der Waals surface area contributed by atoms with Crippen LogP contribution in [0.25, 0.3) is 0 Å². The van der Waals surface area contributed by atoms with Crippen molar-refractivity contribution in [2.24, 2.45) is 0 Å². The van der Waals surface area contributed by atoms with Crippen LogP contribution in [-0.2, 0) is 27.4 Å². The Morgan fingerprint density at radius 3 is 2.47 bits per heavy atom. The number of benzene rings is 1. The molecule has 2 aliphatic rings. The zero-order valence-electron chi connectivity index (χ0n) is 18.0. The first-order chi connectivity index (χ1) is 15.7. The number of rotatable bonds is 6. The van der Waals surface area contributed by atoms with Gasteiger partial charge in [0.2, 0.25) is 0 Å². The molecule has 0 N–H and O–H groups in total. The number of carbonyl (C=O) groups is 2. The monoisotopic (exact) mass is 433 g/mol. The van der Waals surface area contributed by atoms with E-state index in [0.717, 1.165) is 31.0 Å². The minimum atomic E-state index is -0.593. The normalized spacial score (nSPS) is 19.3. The van der Waals surface area contributed by atoms with Crippen LogP contribution in [0.15, 0.2) is 55.1 Å². The van der Waals surface area contributed by atoms with Crippen LogP contribution in [0.2, 0.25) is 0 Å². The van der Waals surface area contributed by atoms with Gasteiger partial charge in [0.1, 0.15) is 11.6 Å². The van der Waals surface area contributed by atoms with Crippen molar-refractivity contribution in [3.63, 3.8) is 0 Å². The van der Waals surface area contributed by atoms with Gasteiger partial charge in [-0.3, -0.25) is 9.59 Å². The Labute approximate surface area is 186 Å². The van der Waals surface area contributed by atoms with E-state index in [1.807, 2.05) is 47.9 Å². The summed E-state index contributed by atoms with van der Waals surface area (Å²) in [5.41, 5.74) is 1.24. The van der Waals surface area contributed by atoms with Crippen LogP contribution in [0.3, 0.4) is 0 Å². The highest BCUT2D eigenvalue weighted by atomic mass is 16.6. The van der Waals surface area contributed by atoms with E-state index >= 15 is 0 Å². The molecule has 0 spiro atoms. The molecular weight excluding hydrogens is 406 g/mol. The van der Waals surface area contributed by atoms with Crippen LogP contribution >= 0.6 is 0 Å². The van der Waals surface area contributed by atoms with Gasteiger partial charge >= 0.3 is 5.97 Å². The molecule has 5 rings (SSSR count). The molecule has 4 heterocycles. The predicted molar refractivity (Wildman–Crippen MR) is 117 cm³/mol. The maximum absolute atomic E-state index is 12.6. The fourth-order valence-corrected chi connectivity index (χ4v) is 4.64. The lowest BCUT2D eigenvalue weighted by atomic mass is 9.95. The molecule has 0 saturated carbocycles. The number of carbonyl (C=O) groups excluding carboxylic acids is 2. The highest BCUT2D eigenvalue weighted by molar-refractivity contribution is 5.86. The van der Waals surface area contributed by atoms with E-state index in [4.69, 9.17) is 4.74 Å². The topological polar surface area (TPSA) is 82.3 Å². The van der Waals surface area contributed by atoms with Crippen LogP contribution < -0.4 is 0 Å². The lowest BCUT2D eigenvalue weighted by molar-refractivity contribution is -0.153. The fraction of sp³-hybridized carbons (Fsp3) is 0.417. The number of esters is 1. The van der Waals surface area contributed by atoms with Crippen molar-refractivity contribution in [3.05, 3.63) is 72.3 Å². The second-order valence-corrected chi connectivity index (χ2v) is 8.49. The fourth-order valence-electron chi connectivity index (χ4n) is 4.64. The van der Waals surface area contributed by atoms with Crippen molar-refractivity contribution in [2.45, 2.75) is 50.8 Å². The van der Waals surface area contributed by atoms with E-state index in [1.54, 1.807) is 0 Å². The summed E-state index contributed by atoms with van der Waals surface area (Å²) >= 11 is 0. The first-order valence-corrected chi connectivity index (χ1v) is 11.2. The van der Waals surface area contributed by atoms with E-state index in [2.05, 4.69) is 31.2 Å². The Morgan fingerprint density at radius 1 is 0.969 bits per heavy atom. The van der Waals surface area contributed by atoms with Crippen molar-refractivity contribution in [1.82, 2.24) is 24.0 Å². The van der Waals surface area contributed by atoms with E-state index in [1.165, 1.54) is 5.56 Å². The van der Waals surface area contributed by atoms with Crippen molar-refractivity contribution in [2.75, 3.05) is 13.1 Å². The number of ether oxygens (including phenoxy) is 1. The molecule has 3 aromatic rings. The van der Waals surface area contributed by atoms with Crippen LogP contribution in [0.1, 0.15) is 48.8 Å². The molecule has 2 saturated heterocycles. The minimum absolute atomic E-state index is 0.0550. The number of amides is 1.